The van der Waals surface area contributed by atoms with Crippen LogP contribution in [0, 0.1) is 6.92 Å². The molecule has 26 heavy (non-hydrogen) atoms. The number of aromatic nitrogens is 2. The summed E-state index contributed by atoms with van der Waals surface area (Å²) in [6.45, 7) is 3.87. The Kier molecular flexibility index (Phi) is 5.09. The Morgan fingerprint density at radius 3 is 2.31 bits per heavy atom. The van der Waals surface area contributed by atoms with E-state index in [0.717, 1.165) is 38.4 Å². The minimum absolute atomic E-state index is 0.208. The van der Waals surface area contributed by atoms with Crippen molar-refractivity contribution in [2.75, 3.05) is 5.32 Å². The SMILES string of the molecule is Cc1ccc(S(=O)(=O)C(C)(C)C(=O)Nc2ncccc2C(F)(F)F)cn1. The molecular weight excluding hydrogens is 371 g/mol. The van der Waals surface area contributed by atoms with Gasteiger partial charge < -0.3 is 5.32 Å². The summed E-state index contributed by atoms with van der Waals surface area (Å²) in [7, 11) is -4.21. The fraction of sp³-hybridized carbons (Fsp3) is 0.312. The maximum atomic E-state index is 13.0. The summed E-state index contributed by atoms with van der Waals surface area (Å²) in [4.78, 5) is 19.7. The molecule has 0 radical (unpaired) electrons. The molecular formula is C16H16F3N3O3S. The first kappa shape index (κ1) is 19.8. The number of amides is 1. The van der Waals surface area contributed by atoms with Crippen LogP contribution in [0.2, 0.25) is 0 Å². The second-order valence-electron chi connectivity index (χ2n) is 6.00. The molecule has 0 aromatic carbocycles. The first-order valence-electron chi connectivity index (χ1n) is 7.38. The molecule has 0 saturated heterocycles. The van der Waals surface area contributed by atoms with Crippen LogP contribution in [0.25, 0.3) is 0 Å². The van der Waals surface area contributed by atoms with Crippen LogP contribution >= 0.6 is 0 Å². The Morgan fingerprint density at radius 2 is 1.77 bits per heavy atom. The monoisotopic (exact) mass is 387 g/mol. The fourth-order valence-corrected chi connectivity index (χ4v) is 3.34. The number of rotatable bonds is 4. The zero-order chi connectivity index (χ0) is 19.8. The van der Waals surface area contributed by atoms with Gasteiger partial charge in [0.2, 0.25) is 5.91 Å². The second kappa shape index (κ2) is 6.67. The van der Waals surface area contributed by atoms with E-state index in [2.05, 4.69) is 9.97 Å². The van der Waals surface area contributed by atoms with Gasteiger partial charge in [-0.15, -0.1) is 0 Å². The van der Waals surface area contributed by atoms with E-state index in [4.69, 9.17) is 0 Å². The lowest BCUT2D eigenvalue weighted by Crippen LogP contribution is -2.45. The molecule has 0 unspecified atom stereocenters. The molecule has 0 fully saturated rings. The zero-order valence-corrected chi connectivity index (χ0v) is 14.9. The van der Waals surface area contributed by atoms with E-state index in [1.807, 2.05) is 5.32 Å². The van der Waals surface area contributed by atoms with Crippen LogP contribution in [-0.4, -0.2) is 29.0 Å². The summed E-state index contributed by atoms with van der Waals surface area (Å²) in [5, 5.41) is 1.97. The van der Waals surface area contributed by atoms with E-state index in [1.54, 1.807) is 6.92 Å². The van der Waals surface area contributed by atoms with Gasteiger partial charge >= 0.3 is 6.18 Å². The standard InChI is InChI=1S/C16H16F3N3O3S/c1-10-6-7-11(9-21-10)26(24,25)15(2,3)14(23)22-13-12(16(17,18)19)5-4-8-20-13/h4-9H,1-3H3,(H,20,22,23). The summed E-state index contributed by atoms with van der Waals surface area (Å²) in [6, 6.07) is 4.56. The van der Waals surface area contributed by atoms with E-state index in [0.29, 0.717) is 5.69 Å². The molecule has 6 nitrogen and oxygen atoms in total. The first-order valence-corrected chi connectivity index (χ1v) is 8.86. The lowest BCUT2D eigenvalue weighted by atomic mass is 10.2. The van der Waals surface area contributed by atoms with Gasteiger partial charge in [-0.05, 0) is 45.0 Å². The summed E-state index contributed by atoms with van der Waals surface area (Å²) in [5.41, 5.74) is -0.590. The molecule has 2 rings (SSSR count). The van der Waals surface area contributed by atoms with Crippen LogP contribution in [0.15, 0.2) is 41.6 Å². The number of halogens is 3. The molecule has 2 heterocycles. The predicted molar refractivity (Wildman–Crippen MR) is 88.1 cm³/mol. The number of nitrogens with one attached hydrogen (secondary N) is 1. The van der Waals surface area contributed by atoms with Crippen LogP contribution < -0.4 is 5.32 Å². The number of anilines is 1. The normalized spacial score (nSPS) is 12.7. The largest absolute Gasteiger partial charge is 0.419 e. The van der Waals surface area contributed by atoms with Crippen molar-refractivity contribution in [1.82, 2.24) is 9.97 Å². The number of alkyl halides is 3. The minimum atomic E-state index is -4.75. The average molecular weight is 387 g/mol. The van der Waals surface area contributed by atoms with Crippen molar-refractivity contribution < 1.29 is 26.4 Å². The second-order valence-corrected chi connectivity index (χ2v) is 8.50. The number of pyridine rings is 2. The van der Waals surface area contributed by atoms with Crippen LogP contribution in [0.4, 0.5) is 19.0 Å². The Bertz CT molecular complexity index is 924. The van der Waals surface area contributed by atoms with E-state index in [9.17, 15) is 26.4 Å². The van der Waals surface area contributed by atoms with Crippen LogP contribution in [-0.2, 0) is 20.8 Å². The molecule has 1 N–H and O–H groups in total. The van der Waals surface area contributed by atoms with Crippen molar-refractivity contribution in [2.45, 2.75) is 36.6 Å². The molecule has 2 aromatic heterocycles. The Labute approximate surface area is 148 Å². The molecule has 0 aliphatic heterocycles. The highest BCUT2D eigenvalue weighted by Gasteiger charge is 2.44. The predicted octanol–water partition coefficient (Wildman–Crippen LogP) is 2.99. The highest BCUT2D eigenvalue weighted by atomic mass is 32.2. The molecule has 1 amide bonds. The maximum absolute atomic E-state index is 13.0. The highest BCUT2D eigenvalue weighted by molar-refractivity contribution is 7.93. The van der Waals surface area contributed by atoms with E-state index >= 15 is 0 Å². The van der Waals surface area contributed by atoms with Crippen LogP contribution in [0.1, 0.15) is 25.1 Å². The summed E-state index contributed by atoms with van der Waals surface area (Å²) >= 11 is 0. The quantitative estimate of drug-likeness (QED) is 0.871. The number of carbonyl (C=O) groups excluding carboxylic acids is 1. The molecule has 0 saturated carbocycles. The van der Waals surface area contributed by atoms with Crippen LogP contribution in [0.3, 0.4) is 0 Å². The Hall–Kier alpha value is -2.49. The van der Waals surface area contributed by atoms with E-state index < -0.39 is 38.0 Å². The van der Waals surface area contributed by atoms with Gasteiger partial charge in [-0.25, -0.2) is 13.4 Å². The van der Waals surface area contributed by atoms with Gasteiger partial charge in [0.05, 0.1) is 10.5 Å². The van der Waals surface area contributed by atoms with Crippen molar-refractivity contribution >= 4 is 21.6 Å². The van der Waals surface area contributed by atoms with Gasteiger partial charge in [-0.1, -0.05) is 0 Å². The summed E-state index contributed by atoms with van der Waals surface area (Å²) < 4.78 is 62.5. The van der Waals surface area contributed by atoms with E-state index in [1.165, 1.54) is 12.1 Å². The number of aryl methyl sites for hydroxylation is 1. The van der Waals surface area contributed by atoms with Gasteiger partial charge in [0.1, 0.15) is 10.6 Å². The van der Waals surface area contributed by atoms with Crippen molar-refractivity contribution in [3.63, 3.8) is 0 Å². The smallest absolute Gasteiger partial charge is 0.309 e. The molecule has 0 atom stereocenters. The van der Waals surface area contributed by atoms with Crippen LogP contribution in [0.5, 0.6) is 0 Å². The first-order chi connectivity index (χ1) is 11.9. The molecule has 10 heteroatoms. The van der Waals surface area contributed by atoms with Crippen molar-refractivity contribution in [2.24, 2.45) is 0 Å². The lowest BCUT2D eigenvalue weighted by Gasteiger charge is -2.24. The van der Waals surface area contributed by atoms with Gasteiger partial charge in [-0.2, -0.15) is 13.2 Å². The molecule has 2 aromatic rings. The number of hydrogen-bond donors (Lipinski definition) is 1. The third-order valence-electron chi connectivity index (χ3n) is 3.76. The maximum Gasteiger partial charge on any atom is 0.419 e. The van der Waals surface area contributed by atoms with Crippen molar-refractivity contribution in [1.29, 1.82) is 0 Å². The number of hydrogen-bond acceptors (Lipinski definition) is 5. The molecule has 0 spiro atoms. The van der Waals surface area contributed by atoms with Gasteiger partial charge in [0.15, 0.2) is 9.84 Å². The van der Waals surface area contributed by atoms with Gasteiger partial charge in [0, 0.05) is 18.1 Å². The third-order valence-corrected chi connectivity index (χ3v) is 6.15. The molecule has 140 valence electrons. The number of carbonyl (C=O) groups is 1. The van der Waals surface area contributed by atoms with E-state index in [-0.39, 0.29) is 4.90 Å². The third kappa shape index (κ3) is 3.69. The Morgan fingerprint density at radius 1 is 1.12 bits per heavy atom. The number of nitrogens with zero attached hydrogens (tertiary/aromatic N) is 2. The van der Waals surface area contributed by atoms with Gasteiger partial charge in [-0.3, -0.25) is 9.78 Å². The topological polar surface area (TPSA) is 89.0 Å². The Balaban J connectivity index is 2.39. The average Bonchev–Trinajstić information content (AvgIpc) is 2.54. The summed E-state index contributed by atoms with van der Waals surface area (Å²) in [6.07, 6.45) is -2.58. The highest BCUT2D eigenvalue weighted by Crippen LogP contribution is 2.34. The molecule has 0 bridgehead atoms. The number of sulfone groups is 1. The minimum Gasteiger partial charge on any atom is -0.309 e. The van der Waals surface area contributed by atoms with Gasteiger partial charge in [0.25, 0.3) is 0 Å². The van der Waals surface area contributed by atoms with Crippen molar-refractivity contribution in [3.8, 4) is 0 Å². The zero-order valence-electron chi connectivity index (χ0n) is 14.1. The molecule has 0 aliphatic rings. The fourth-order valence-electron chi connectivity index (χ4n) is 2.02. The lowest BCUT2D eigenvalue weighted by molar-refractivity contribution is -0.137. The van der Waals surface area contributed by atoms with Crippen molar-refractivity contribution in [3.05, 3.63) is 47.9 Å². The summed E-state index contributed by atoms with van der Waals surface area (Å²) in [5.74, 6) is -1.89. The molecule has 0 aliphatic carbocycles.